The third-order valence-electron chi connectivity index (χ3n) is 1.27. The van der Waals surface area contributed by atoms with E-state index < -0.39 is 0 Å². The highest BCUT2D eigenvalue weighted by molar-refractivity contribution is 4.92. The van der Waals surface area contributed by atoms with Crippen molar-refractivity contribution in [1.82, 2.24) is 15.0 Å². The fourth-order valence-corrected chi connectivity index (χ4v) is 0.907. The van der Waals surface area contributed by atoms with Crippen LogP contribution in [0.3, 0.4) is 0 Å². The number of aryl methyl sites for hydroxylation is 1. The lowest BCUT2D eigenvalue weighted by Gasteiger charge is -1.96. The van der Waals surface area contributed by atoms with Crippen LogP contribution in [-0.4, -0.2) is 15.0 Å². The van der Waals surface area contributed by atoms with E-state index in [1.807, 2.05) is 27.1 Å². The van der Waals surface area contributed by atoms with E-state index in [1.165, 1.54) is 0 Å². The topological polar surface area (TPSA) is 30.7 Å². The zero-order valence-electron chi connectivity index (χ0n) is 8.70. The second-order valence-electron chi connectivity index (χ2n) is 2.98. The van der Waals surface area contributed by atoms with Gasteiger partial charge in [0.1, 0.15) is 0 Å². The van der Waals surface area contributed by atoms with Gasteiger partial charge in [0.05, 0.1) is 5.69 Å². The minimum Gasteiger partial charge on any atom is -0.255 e. The molecule has 70 valence electrons. The quantitative estimate of drug-likeness (QED) is 0.678. The Labute approximate surface area is 74.8 Å². The molecule has 1 heterocycles. The maximum Gasteiger partial charge on any atom is 0.0829 e. The van der Waals surface area contributed by atoms with Crippen molar-refractivity contribution in [3.8, 4) is 0 Å². The van der Waals surface area contributed by atoms with Crippen molar-refractivity contribution in [2.75, 3.05) is 0 Å². The molecular weight excluding hydrogens is 150 g/mol. The molecule has 0 saturated heterocycles. The van der Waals surface area contributed by atoms with Crippen molar-refractivity contribution in [3.63, 3.8) is 0 Å². The number of aromatic nitrogens is 3. The Bertz CT molecular complexity index is 203. The van der Waals surface area contributed by atoms with Crippen molar-refractivity contribution in [3.05, 3.63) is 11.9 Å². The molecule has 0 aliphatic carbocycles. The largest absolute Gasteiger partial charge is 0.255 e. The highest BCUT2D eigenvalue weighted by Gasteiger charge is 1.99. The van der Waals surface area contributed by atoms with Gasteiger partial charge in [0.2, 0.25) is 0 Å². The van der Waals surface area contributed by atoms with Gasteiger partial charge in [0.15, 0.2) is 0 Å². The van der Waals surface area contributed by atoms with Gasteiger partial charge in [-0.15, -0.1) is 5.10 Å². The van der Waals surface area contributed by atoms with Gasteiger partial charge in [-0.05, 0) is 12.3 Å². The Kier molecular flexibility index (Phi) is 5.34. The van der Waals surface area contributed by atoms with Crippen molar-refractivity contribution in [2.45, 2.75) is 34.1 Å². The summed E-state index contributed by atoms with van der Waals surface area (Å²) in [6, 6.07) is 0. The van der Waals surface area contributed by atoms with Crippen LogP contribution >= 0.6 is 0 Å². The first-order valence-corrected chi connectivity index (χ1v) is 4.53. The second kappa shape index (κ2) is 5.75. The van der Waals surface area contributed by atoms with Crippen molar-refractivity contribution < 1.29 is 0 Å². The summed E-state index contributed by atoms with van der Waals surface area (Å²) >= 11 is 0. The predicted octanol–water partition coefficient (Wildman–Crippen LogP) is 2.04. The molecule has 12 heavy (non-hydrogen) atoms. The smallest absolute Gasteiger partial charge is 0.0829 e. The highest BCUT2D eigenvalue weighted by atomic mass is 15.4. The molecule has 0 bridgehead atoms. The van der Waals surface area contributed by atoms with Crippen LogP contribution in [0.5, 0.6) is 0 Å². The molecule has 1 aromatic rings. The summed E-state index contributed by atoms with van der Waals surface area (Å²) in [6.07, 6.45) is 2.98. The van der Waals surface area contributed by atoms with Crippen LogP contribution in [0, 0.1) is 5.92 Å². The molecule has 0 spiro atoms. The first-order chi connectivity index (χ1) is 5.68. The monoisotopic (exact) mass is 169 g/mol. The minimum absolute atomic E-state index is 0.664. The van der Waals surface area contributed by atoms with Crippen LogP contribution in [0.15, 0.2) is 6.20 Å². The van der Waals surface area contributed by atoms with Gasteiger partial charge < -0.3 is 0 Å². The molecule has 3 heteroatoms. The average Bonchev–Trinajstić information content (AvgIpc) is 2.39. The molecule has 1 rings (SSSR count). The minimum atomic E-state index is 0.664. The van der Waals surface area contributed by atoms with Crippen molar-refractivity contribution in [1.29, 1.82) is 0 Å². The zero-order chi connectivity index (χ0) is 9.56. The first kappa shape index (κ1) is 11.1. The zero-order valence-corrected chi connectivity index (χ0v) is 8.70. The van der Waals surface area contributed by atoms with Gasteiger partial charge in [-0.25, -0.2) is 0 Å². The van der Waals surface area contributed by atoms with Crippen LogP contribution < -0.4 is 0 Å². The summed E-state index contributed by atoms with van der Waals surface area (Å²) < 4.78 is 1.73. The highest BCUT2D eigenvalue weighted by Crippen LogP contribution is 2.02. The van der Waals surface area contributed by atoms with Gasteiger partial charge in [-0.3, -0.25) is 4.68 Å². The van der Waals surface area contributed by atoms with E-state index in [2.05, 4.69) is 24.2 Å². The molecule has 0 fully saturated rings. The third-order valence-corrected chi connectivity index (χ3v) is 1.27. The summed E-state index contributed by atoms with van der Waals surface area (Å²) in [5.74, 6) is 0.664. The van der Waals surface area contributed by atoms with E-state index in [0.29, 0.717) is 5.92 Å². The number of hydrogen-bond donors (Lipinski definition) is 0. The van der Waals surface area contributed by atoms with Gasteiger partial charge >= 0.3 is 0 Å². The lowest BCUT2D eigenvalue weighted by molar-refractivity contribution is 0.633. The summed E-state index contributed by atoms with van der Waals surface area (Å²) in [4.78, 5) is 0. The molecule has 0 unspecified atom stereocenters. The van der Waals surface area contributed by atoms with E-state index in [0.717, 1.165) is 12.1 Å². The van der Waals surface area contributed by atoms with Crippen LogP contribution in [0.1, 0.15) is 33.4 Å². The van der Waals surface area contributed by atoms with Gasteiger partial charge in [-0.1, -0.05) is 32.9 Å². The van der Waals surface area contributed by atoms with E-state index >= 15 is 0 Å². The van der Waals surface area contributed by atoms with Crippen LogP contribution in [0.25, 0.3) is 0 Å². The molecule has 0 saturated carbocycles. The van der Waals surface area contributed by atoms with Crippen molar-refractivity contribution in [2.24, 2.45) is 13.0 Å². The normalized spacial score (nSPS) is 9.50. The number of nitrogens with zero attached hydrogens (tertiary/aromatic N) is 3. The molecule has 0 radical (unpaired) electrons. The Balaban J connectivity index is 0.000000561. The molecule has 0 aromatic carbocycles. The lowest BCUT2D eigenvalue weighted by Crippen LogP contribution is -1.93. The maximum atomic E-state index is 3.97. The Morgan fingerprint density at radius 1 is 1.42 bits per heavy atom. The van der Waals surface area contributed by atoms with Crippen LogP contribution in [0.4, 0.5) is 0 Å². The van der Waals surface area contributed by atoms with E-state index in [1.54, 1.807) is 4.68 Å². The summed E-state index contributed by atoms with van der Waals surface area (Å²) in [5.41, 5.74) is 1.08. The summed E-state index contributed by atoms with van der Waals surface area (Å²) in [5, 5.41) is 7.81. The fraction of sp³-hybridized carbons (Fsp3) is 0.778. The van der Waals surface area contributed by atoms with Gasteiger partial charge in [0.25, 0.3) is 0 Å². The molecule has 0 N–H and O–H groups in total. The standard InChI is InChI=1S/C7H13N3.C2H6/c1-6(2)4-7-5-10(3)9-8-7;1-2/h5-6H,4H2,1-3H3;1-2H3. The molecule has 0 amide bonds. The molecule has 3 nitrogen and oxygen atoms in total. The SMILES string of the molecule is CC.CC(C)Cc1cn(C)nn1. The van der Waals surface area contributed by atoms with Gasteiger partial charge in [0, 0.05) is 13.2 Å². The number of hydrogen-bond acceptors (Lipinski definition) is 2. The van der Waals surface area contributed by atoms with E-state index in [9.17, 15) is 0 Å². The summed E-state index contributed by atoms with van der Waals surface area (Å²) in [7, 11) is 1.89. The van der Waals surface area contributed by atoms with Crippen molar-refractivity contribution >= 4 is 0 Å². The molecule has 0 atom stereocenters. The van der Waals surface area contributed by atoms with Gasteiger partial charge in [-0.2, -0.15) is 0 Å². The summed E-state index contributed by atoms with van der Waals surface area (Å²) in [6.45, 7) is 8.35. The van der Waals surface area contributed by atoms with E-state index in [4.69, 9.17) is 0 Å². The van der Waals surface area contributed by atoms with Crippen LogP contribution in [-0.2, 0) is 13.5 Å². The number of rotatable bonds is 2. The average molecular weight is 169 g/mol. The second-order valence-corrected chi connectivity index (χ2v) is 2.98. The van der Waals surface area contributed by atoms with E-state index in [-0.39, 0.29) is 0 Å². The predicted molar refractivity (Wildman–Crippen MR) is 50.9 cm³/mol. The molecular formula is C9H19N3. The Hall–Kier alpha value is -0.860. The first-order valence-electron chi connectivity index (χ1n) is 4.53. The lowest BCUT2D eigenvalue weighted by atomic mass is 10.1. The molecule has 0 aliphatic rings. The molecule has 0 aliphatic heterocycles. The maximum absolute atomic E-state index is 3.97. The fourth-order valence-electron chi connectivity index (χ4n) is 0.907. The Morgan fingerprint density at radius 3 is 2.33 bits per heavy atom. The molecule has 1 aromatic heterocycles. The van der Waals surface area contributed by atoms with Crippen LogP contribution in [0.2, 0.25) is 0 Å². The Morgan fingerprint density at radius 2 is 2.00 bits per heavy atom. The third kappa shape index (κ3) is 4.11.